The molecule has 0 saturated carbocycles. The highest BCUT2D eigenvalue weighted by atomic mass is 32.2. The van der Waals surface area contributed by atoms with Crippen LogP contribution in [-0.4, -0.2) is 69.0 Å². The van der Waals surface area contributed by atoms with E-state index in [-0.39, 0.29) is 18.1 Å². The van der Waals surface area contributed by atoms with Crippen LogP contribution in [0.5, 0.6) is 17.2 Å². The zero-order valence-electron chi connectivity index (χ0n) is 21.5. The number of ether oxygens (including phenoxy) is 3. The summed E-state index contributed by atoms with van der Waals surface area (Å²) in [6.45, 7) is 0.666. The summed E-state index contributed by atoms with van der Waals surface area (Å²) in [4.78, 5) is 26.4. The van der Waals surface area contributed by atoms with Gasteiger partial charge in [0.2, 0.25) is 0 Å². The molecule has 12 heteroatoms. The molecule has 4 aromatic rings. The molecule has 0 bridgehead atoms. The summed E-state index contributed by atoms with van der Waals surface area (Å²) in [5, 5.41) is 20.0. The number of amides is 1. The first-order valence-corrected chi connectivity index (χ1v) is 13.4. The van der Waals surface area contributed by atoms with Crippen LogP contribution in [0.3, 0.4) is 0 Å². The number of rotatable bonds is 10. The van der Waals surface area contributed by atoms with Gasteiger partial charge in [-0.3, -0.25) is 9.69 Å². The van der Waals surface area contributed by atoms with Crippen LogP contribution in [0.2, 0.25) is 0 Å². The van der Waals surface area contributed by atoms with Gasteiger partial charge in [-0.1, -0.05) is 36.1 Å². The number of aromatic amines is 1. The van der Waals surface area contributed by atoms with Crippen molar-refractivity contribution in [3.63, 3.8) is 0 Å². The van der Waals surface area contributed by atoms with Gasteiger partial charge < -0.3 is 19.3 Å². The highest BCUT2D eigenvalue weighted by molar-refractivity contribution is 8.26. The van der Waals surface area contributed by atoms with Crippen molar-refractivity contribution in [1.82, 2.24) is 20.3 Å². The fourth-order valence-corrected chi connectivity index (χ4v) is 5.53. The van der Waals surface area contributed by atoms with Crippen LogP contribution in [0, 0.1) is 0 Å². The van der Waals surface area contributed by atoms with Crippen LogP contribution in [-0.2, 0) is 4.79 Å². The maximum absolute atomic E-state index is 13.2. The van der Waals surface area contributed by atoms with E-state index in [0.717, 1.165) is 27.7 Å². The van der Waals surface area contributed by atoms with Gasteiger partial charge >= 0.3 is 5.97 Å². The molecule has 0 aliphatic carbocycles. The third-order valence-corrected chi connectivity index (χ3v) is 7.59. The minimum absolute atomic E-state index is 0.105. The molecular formula is C28H24N4O6S2. The number of thioether (sulfide) groups is 1. The van der Waals surface area contributed by atoms with Crippen LogP contribution in [0.15, 0.2) is 59.5 Å². The van der Waals surface area contributed by atoms with Gasteiger partial charge in [0, 0.05) is 12.1 Å². The summed E-state index contributed by atoms with van der Waals surface area (Å²) in [6, 6.07) is 15.9. The maximum atomic E-state index is 13.2. The van der Waals surface area contributed by atoms with Crippen molar-refractivity contribution < 1.29 is 28.9 Å². The van der Waals surface area contributed by atoms with Crippen LogP contribution in [0.1, 0.15) is 22.3 Å². The molecule has 10 nitrogen and oxygen atoms in total. The van der Waals surface area contributed by atoms with E-state index >= 15 is 0 Å². The average molecular weight is 577 g/mol. The predicted molar refractivity (Wildman–Crippen MR) is 156 cm³/mol. The van der Waals surface area contributed by atoms with Crippen molar-refractivity contribution in [2.24, 2.45) is 0 Å². The van der Waals surface area contributed by atoms with Crippen molar-refractivity contribution >= 4 is 57.3 Å². The Morgan fingerprint density at radius 1 is 1.02 bits per heavy atom. The van der Waals surface area contributed by atoms with Crippen molar-refractivity contribution in [3.05, 3.63) is 70.6 Å². The van der Waals surface area contributed by atoms with Crippen molar-refractivity contribution in [3.8, 4) is 28.4 Å². The highest BCUT2D eigenvalue weighted by Crippen LogP contribution is 2.36. The third-order valence-electron chi connectivity index (χ3n) is 6.22. The number of hydrogen-bond donors (Lipinski definition) is 2. The number of H-pyrrole nitrogens is 1. The molecule has 40 heavy (non-hydrogen) atoms. The number of hydrogen-bond acceptors (Lipinski definition) is 9. The Bertz CT molecular complexity index is 1650. The van der Waals surface area contributed by atoms with E-state index < -0.39 is 5.97 Å². The molecule has 0 atom stereocenters. The van der Waals surface area contributed by atoms with Gasteiger partial charge in [0.1, 0.15) is 21.1 Å². The van der Waals surface area contributed by atoms with Gasteiger partial charge in [-0.05, 0) is 66.1 Å². The quantitative estimate of drug-likeness (QED) is 0.151. The number of benzene rings is 3. The largest absolute Gasteiger partial charge is 0.496 e. The lowest BCUT2D eigenvalue weighted by Crippen LogP contribution is -2.29. The van der Waals surface area contributed by atoms with E-state index in [4.69, 9.17) is 31.5 Å². The van der Waals surface area contributed by atoms with Gasteiger partial charge in [0.05, 0.1) is 31.3 Å². The first-order valence-electron chi connectivity index (χ1n) is 12.2. The first-order chi connectivity index (χ1) is 19.4. The Balaban J connectivity index is 1.26. The zero-order chi connectivity index (χ0) is 28.2. The van der Waals surface area contributed by atoms with Gasteiger partial charge in [-0.2, -0.15) is 15.4 Å². The molecule has 0 spiro atoms. The average Bonchev–Trinajstić information content (AvgIpc) is 3.54. The molecule has 1 aromatic heterocycles. The standard InChI is InChI=1S/C28H24N4O6S2/c1-36-22-8-4-16(12-19(22)17-5-7-20-21(14-17)30-31-29-20)13-25-26(33)32(28(39)40-25)10-3-11-38-23-9-6-18(27(34)35)15-24(23)37-2/h4-9,12-15H,3,10-11H2,1-2H3,(H,34,35)(H,29,30,31). The summed E-state index contributed by atoms with van der Waals surface area (Å²) >= 11 is 6.74. The van der Waals surface area contributed by atoms with E-state index in [1.807, 2.05) is 42.5 Å². The van der Waals surface area contributed by atoms with E-state index in [0.29, 0.717) is 39.4 Å². The smallest absolute Gasteiger partial charge is 0.335 e. The molecule has 5 rings (SSSR count). The Labute approximate surface area is 238 Å². The number of carboxylic acid groups (broad SMARTS) is 1. The minimum Gasteiger partial charge on any atom is -0.496 e. The lowest BCUT2D eigenvalue weighted by atomic mass is 10.0. The number of thiocarbonyl (C=S) groups is 1. The monoisotopic (exact) mass is 576 g/mol. The molecule has 1 aliphatic heterocycles. The number of nitrogens with zero attached hydrogens (tertiary/aromatic N) is 3. The summed E-state index contributed by atoms with van der Waals surface area (Å²) < 4.78 is 17.1. The van der Waals surface area contributed by atoms with Crippen LogP contribution < -0.4 is 14.2 Å². The third kappa shape index (κ3) is 5.63. The molecule has 2 heterocycles. The molecule has 1 saturated heterocycles. The van der Waals surface area contributed by atoms with Crippen molar-refractivity contribution in [2.75, 3.05) is 27.4 Å². The number of fused-ring (bicyclic) bond motifs is 1. The topological polar surface area (TPSA) is 127 Å². The normalized spacial score (nSPS) is 14.2. The number of carboxylic acids is 1. The lowest BCUT2D eigenvalue weighted by Gasteiger charge is -2.15. The second kappa shape index (κ2) is 11.8. The second-order valence-corrected chi connectivity index (χ2v) is 10.4. The Kier molecular flexibility index (Phi) is 7.99. The van der Waals surface area contributed by atoms with Crippen LogP contribution in [0.4, 0.5) is 0 Å². The fourth-order valence-electron chi connectivity index (χ4n) is 4.22. The summed E-state index contributed by atoms with van der Waals surface area (Å²) in [5.74, 6) is 0.233. The van der Waals surface area contributed by atoms with E-state index in [1.165, 1.54) is 31.0 Å². The zero-order valence-corrected chi connectivity index (χ0v) is 23.2. The number of aromatic nitrogens is 3. The molecule has 3 aromatic carbocycles. The Morgan fingerprint density at radius 2 is 1.80 bits per heavy atom. The predicted octanol–water partition coefficient (Wildman–Crippen LogP) is 5.01. The second-order valence-electron chi connectivity index (χ2n) is 8.69. The number of nitrogens with one attached hydrogen (secondary N) is 1. The van der Waals surface area contributed by atoms with E-state index in [9.17, 15) is 9.59 Å². The van der Waals surface area contributed by atoms with Crippen molar-refractivity contribution in [2.45, 2.75) is 6.42 Å². The molecule has 1 amide bonds. The molecular weight excluding hydrogens is 552 g/mol. The SMILES string of the molecule is COc1cc(C(=O)O)ccc1OCCCN1C(=O)C(=Cc2ccc(OC)c(-c3ccc4n[nH]nc4c3)c2)SC1=S. The number of carbonyl (C=O) groups is 2. The van der Waals surface area contributed by atoms with E-state index in [2.05, 4.69) is 15.4 Å². The Hall–Kier alpha value is -4.42. The first kappa shape index (κ1) is 27.2. The van der Waals surface area contributed by atoms with Crippen LogP contribution in [0.25, 0.3) is 28.2 Å². The molecule has 0 unspecified atom stereocenters. The molecule has 1 fully saturated rings. The highest BCUT2D eigenvalue weighted by Gasteiger charge is 2.31. The number of carbonyl (C=O) groups excluding carboxylic acids is 1. The molecule has 0 radical (unpaired) electrons. The van der Waals surface area contributed by atoms with Gasteiger partial charge in [0.15, 0.2) is 11.5 Å². The van der Waals surface area contributed by atoms with E-state index in [1.54, 1.807) is 18.1 Å². The van der Waals surface area contributed by atoms with Gasteiger partial charge in [-0.15, -0.1) is 0 Å². The van der Waals surface area contributed by atoms with Gasteiger partial charge in [0.25, 0.3) is 5.91 Å². The Morgan fingerprint density at radius 3 is 2.58 bits per heavy atom. The summed E-state index contributed by atoms with van der Waals surface area (Å²) in [6.07, 6.45) is 2.34. The molecule has 204 valence electrons. The number of aromatic carboxylic acids is 1. The maximum Gasteiger partial charge on any atom is 0.335 e. The lowest BCUT2D eigenvalue weighted by molar-refractivity contribution is -0.122. The summed E-state index contributed by atoms with van der Waals surface area (Å²) in [7, 11) is 3.06. The molecule has 1 aliphatic rings. The number of methoxy groups -OCH3 is 2. The van der Waals surface area contributed by atoms with Crippen LogP contribution >= 0.6 is 24.0 Å². The van der Waals surface area contributed by atoms with Crippen molar-refractivity contribution in [1.29, 1.82) is 0 Å². The fraction of sp³-hybridized carbons (Fsp3) is 0.179. The summed E-state index contributed by atoms with van der Waals surface area (Å²) in [5.41, 5.74) is 4.22. The minimum atomic E-state index is -1.05. The van der Waals surface area contributed by atoms with Gasteiger partial charge in [-0.25, -0.2) is 4.79 Å². The molecule has 2 N–H and O–H groups in total.